The fraction of sp³-hybridized carbons (Fsp3) is 0.500. The maximum absolute atomic E-state index is 5.71. The zero-order chi connectivity index (χ0) is 16.9. The van der Waals surface area contributed by atoms with E-state index in [-0.39, 0.29) is 5.54 Å². The average molecular weight is 353 g/mol. The third-order valence-corrected chi connectivity index (χ3v) is 4.17. The number of likely N-dealkylation sites (N-methyl/N-ethyl adjacent to an activating group) is 1. The molecule has 0 bridgehead atoms. The van der Waals surface area contributed by atoms with E-state index in [1.165, 1.54) is 11.3 Å². The van der Waals surface area contributed by atoms with Crippen LogP contribution in [0.5, 0.6) is 5.75 Å². The highest BCUT2D eigenvalue weighted by Gasteiger charge is 2.13. The molecule has 0 amide bonds. The Morgan fingerprint density at radius 2 is 2.00 bits per heavy atom. The summed E-state index contributed by atoms with van der Waals surface area (Å²) in [4.78, 5) is 2.14. The number of ether oxygens (including phenoxy) is 1. The molecule has 5 nitrogen and oxygen atoms in total. The monoisotopic (exact) mass is 352 g/mol. The Morgan fingerprint density at radius 1 is 1.30 bits per heavy atom. The van der Waals surface area contributed by atoms with Gasteiger partial charge in [-0.3, -0.25) is 4.90 Å². The number of rotatable bonds is 7. The maximum atomic E-state index is 5.71. The topological polar surface area (TPSA) is 42.3 Å². The molecule has 0 radical (unpaired) electrons. The van der Waals surface area contributed by atoms with Crippen molar-refractivity contribution in [3.05, 3.63) is 34.3 Å². The van der Waals surface area contributed by atoms with Crippen LogP contribution in [0.4, 0.5) is 5.13 Å². The van der Waals surface area contributed by atoms with Gasteiger partial charge in [-0.15, -0.1) is 5.10 Å². The average Bonchev–Trinajstić information content (AvgIpc) is 2.77. The quantitative estimate of drug-likeness (QED) is 0.767. The number of aromatic nitrogens is 2. The van der Waals surface area contributed by atoms with Crippen molar-refractivity contribution in [2.75, 3.05) is 25.5 Å². The fourth-order valence-corrected chi connectivity index (χ4v) is 3.10. The van der Waals surface area contributed by atoms with Gasteiger partial charge in [-0.1, -0.05) is 29.5 Å². The van der Waals surface area contributed by atoms with Crippen LogP contribution in [0.1, 0.15) is 20.8 Å². The first-order valence-corrected chi connectivity index (χ1v) is 8.78. The van der Waals surface area contributed by atoms with Crippen LogP contribution < -0.4 is 10.1 Å². The van der Waals surface area contributed by atoms with Crippen LogP contribution in [0.15, 0.2) is 30.3 Å². The second-order valence-electron chi connectivity index (χ2n) is 6.43. The van der Waals surface area contributed by atoms with Crippen LogP contribution in [0.2, 0.25) is 0 Å². The molecule has 0 aliphatic heterocycles. The molecular formula is C16H24N4OS2. The van der Waals surface area contributed by atoms with Gasteiger partial charge in [-0.2, -0.15) is 0 Å². The number of hydrogen-bond donors (Lipinski definition) is 1. The lowest BCUT2D eigenvalue weighted by Gasteiger charge is -2.19. The number of para-hydroxylation sites is 1. The normalized spacial score (nSPS) is 11.7. The minimum Gasteiger partial charge on any atom is -0.492 e. The molecule has 0 aliphatic rings. The predicted octanol–water partition coefficient (Wildman–Crippen LogP) is 3.85. The first-order valence-electron chi connectivity index (χ1n) is 7.56. The van der Waals surface area contributed by atoms with Gasteiger partial charge in [0.05, 0.1) is 6.67 Å². The molecule has 1 heterocycles. The summed E-state index contributed by atoms with van der Waals surface area (Å²) in [6, 6.07) is 9.84. The summed E-state index contributed by atoms with van der Waals surface area (Å²) in [5, 5.41) is 8.75. The summed E-state index contributed by atoms with van der Waals surface area (Å²) >= 11 is 6.89. The SMILES string of the molecule is CN(CCOc1ccccc1)Cn1nc(NC(C)(C)C)sc1=S. The summed E-state index contributed by atoms with van der Waals surface area (Å²) < 4.78 is 8.32. The smallest absolute Gasteiger partial charge is 0.205 e. The van der Waals surface area contributed by atoms with E-state index < -0.39 is 0 Å². The van der Waals surface area contributed by atoms with E-state index in [9.17, 15) is 0 Å². The molecule has 0 saturated carbocycles. The summed E-state index contributed by atoms with van der Waals surface area (Å²) in [6.07, 6.45) is 0. The van der Waals surface area contributed by atoms with Gasteiger partial charge in [-0.25, -0.2) is 4.68 Å². The highest BCUT2D eigenvalue weighted by Crippen LogP contribution is 2.19. The first kappa shape index (κ1) is 17.9. The third kappa shape index (κ3) is 6.29. The van der Waals surface area contributed by atoms with Gasteiger partial charge in [0, 0.05) is 12.1 Å². The lowest BCUT2D eigenvalue weighted by Crippen LogP contribution is -2.28. The van der Waals surface area contributed by atoms with Crippen LogP contribution in [0.3, 0.4) is 0 Å². The number of nitrogens with one attached hydrogen (secondary N) is 1. The molecule has 0 saturated heterocycles. The maximum Gasteiger partial charge on any atom is 0.205 e. The Hall–Kier alpha value is -1.44. The molecule has 2 rings (SSSR count). The Morgan fingerprint density at radius 3 is 2.65 bits per heavy atom. The Balaban J connectivity index is 1.83. The number of benzene rings is 1. The van der Waals surface area contributed by atoms with E-state index in [4.69, 9.17) is 17.0 Å². The van der Waals surface area contributed by atoms with Gasteiger partial charge in [0.2, 0.25) is 5.13 Å². The molecule has 1 aromatic heterocycles. The van der Waals surface area contributed by atoms with Crippen molar-refractivity contribution in [2.24, 2.45) is 0 Å². The second kappa shape index (κ2) is 7.90. The first-order chi connectivity index (χ1) is 10.8. The molecule has 2 aromatic rings. The van der Waals surface area contributed by atoms with E-state index in [0.717, 1.165) is 21.4 Å². The van der Waals surface area contributed by atoms with E-state index >= 15 is 0 Å². The largest absolute Gasteiger partial charge is 0.492 e. The van der Waals surface area contributed by atoms with Crippen molar-refractivity contribution < 1.29 is 4.74 Å². The van der Waals surface area contributed by atoms with Gasteiger partial charge in [0.15, 0.2) is 3.95 Å². The van der Waals surface area contributed by atoms with E-state index in [2.05, 4.69) is 36.1 Å². The van der Waals surface area contributed by atoms with Gasteiger partial charge in [0.25, 0.3) is 0 Å². The minimum atomic E-state index is -0.0210. The van der Waals surface area contributed by atoms with Crippen LogP contribution in [-0.2, 0) is 6.67 Å². The molecule has 7 heteroatoms. The Kier molecular flexibility index (Phi) is 6.15. The molecule has 0 aliphatic carbocycles. The molecule has 0 atom stereocenters. The Labute approximate surface area is 146 Å². The minimum absolute atomic E-state index is 0.0210. The van der Waals surface area contributed by atoms with Crippen LogP contribution in [0.25, 0.3) is 0 Å². The van der Waals surface area contributed by atoms with Crippen LogP contribution in [0, 0.1) is 3.95 Å². The Bertz CT molecular complexity index is 661. The van der Waals surface area contributed by atoms with Crippen molar-refractivity contribution in [2.45, 2.75) is 33.0 Å². The summed E-state index contributed by atoms with van der Waals surface area (Å²) in [5.74, 6) is 0.892. The van der Waals surface area contributed by atoms with Crippen molar-refractivity contribution >= 4 is 28.7 Å². The van der Waals surface area contributed by atoms with Gasteiger partial charge in [-0.05, 0) is 52.2 Å². The summed E-state index contributed by atoms with van der Waals surface area (Å²) in [6.45, 7) is 8.40. The van der Waals surface area contributed by atoms with E-state index in [0.29, 0.717) is 13.3 Å². The molecule has 1 aromatic carbocycles. The standard InChI is InChI=1S/C16H24N4OS2/c1-16(2,3)17-14-18-20(15(22)23-14)12-19(4)10-11-21-13-8-6-5-7-9-13/h5-9H,10-12H2,1-4H3,(H,17,18). The molecule has 1 N–H and O–H groups in total. The zero-order valence-corrected chi connectivity index (χ0v) is 15.7. The van der Waals surface area contributed by atoms with Gasteiger partial charge >= 0.3 is 0 Å². The third-order valence-electron chi connectivity index (χ3n) is 2.95. The summed E-state index contributed by atoms with van der Waals surface area (Å²) in [7, 11) is 2.03. The lowest BCUT2D eigenvalue weighted by molar-refractivity contribution is 0.198. The molecule has 126 valence electrons. The number of hydrogen-bond acceptors (Lipinski definition) is 6. The van der Waals surface area contributed by atoms with Gasteiger partial charge in [0.1, 0.15) is 12.4 Å². The highest BCUT2D eigenvalue weighted by molar-refractivity contribution is 7.73. The highest BCUT2D eigenvalue weighted by atomic mass is 32.1. The van der Waals surface area contributed by atoms with Crippen LogP contribution >= 0.6 is 23.6 Å². The van der Waals surface area contributed by atoms with Crippen molar-refractivity contribution in [3.63, 3.8) is 0 Å². The fourth-order valence-electron chi connectivity index (χ4n) is 1.90. The van der Waals surface area contributed by atoms with Crippen LogP contribution in [-0.4, -0.2) is 40.4 Å². The molecular weight excluding hydrogens is 328 g/mol. The van der Waals surface area contributed by atoms with E-state index in [1.54, 1.807) is 0 Å². The molecule has 0 unspecified atom stereocenters. The van der Waals surface area contributed by atoms with Gasteiger partial charge < -0.3 is 10.1 Å². The number of anilines is 1. The van der Waals surface area contributed by atoms with Crippen molar-refractivity contribution in [3.8, 4) is 5.75 Å². The summed E-state index contributed by atoms with van der Waals surface area (Å²) in [5.41, 5.74) is -0.0210. The predicted molar refractivity (Wildman–Crippen MR) is 98.9 cm³/mol. The molecule has 0 fully saturated rings. The second-order valence-corrected chi connectivity index (χ2v) is 8.05. The zero-order valence-electron chi connectivity index (χ0n) is 14.1. The molecule has 0 spiro atoms. The van der Waals surface area contributed by atoms with Crippen molar-refractivity contribution in [1.82, 2.24) is 14.7 Å². The number of nitrogens with zero attached hydrogens (tertiary/aromatic N) is 3. The van der Waals surface area contributed by atoms with Crippen molar-refractivity contribution in [1.29, 1.82) is 0 Å². The van der Waals surface area contributed by atoms with E-state index in [1.807, 2.05) is 42.1 Å². The molecule has 23 heavy (non-hydrogen) atoms. The lowest BCUT2D eigenvalue weighted by atomic mass is 10.1.